The highest BCUT2D eigenvalue weighted by atomic mass is 35.5. The van der Waals surface area contributed by atoms with Crippen molar-refractivity contribution in [3.05, 3.63) is 59.7 Å². The summed E-state index contributed by atoms with van der Waals surface area (Å²) in [6, 6.07) is 15.4. The average Bonchev–Trinajstić information content (AvgIpc) is 3.41. The third kappa shape index (κ3) is 5.37. The van der Waals surface area contributed by atoms with Crippen LogP contribution in [0.15, 0.2) is 53.4 Å². The van der Waals surface area contributed by atoms with Gasteiger partial charge in [-0.15, -0.1) is 12.4 Å². The minimum atomic E-state index is -3.56. The van der Waals surface area contributed by atoms with Gasteiger partial charge in [-0.25, -0.2) is 8.42 Å². The number of sulfonamides is 1. The summed E-state index contributed by atoms with van der Waals surface area (Å²) in [5.74, 6) is 1.14. The van der Waals surface area contributed by atoms with Crippen molar-refractivity contribution in [3.63, 3.8) is 0 Å². The zero-order chi connectivity index (χ0) is 20.3. The number of hydrogen-bond acceptors (Lipinski definition) is 3. The van der Waals surface area contributed by atoms with Gasteiger partial charge in [0.2, 0.25) is 0 Å². The molecule has 2 aromatic carbocycles. The van der Waals surface area contributed by atoms with Crippen LogP contribution in [0, 0.1) is 0 Å². The molecule has 0 spiro atoms. The Kier molecular flexibility index (Phi) is 7.83. The number of benzene rings is 2. The zero-order valence-electron chi connectivity index (χ0n) is 17.7. The molecule has 1 saturated heterocycles. The molecule has 30 heavy (non-hydrogen) atoms. The molecule has 2 aliphatic rings. The van der Waals surface area contributed by atoms with Crippen LogP contribution < -0.4 is 4.72 Å². The highest BCUT2D eigenvalue weighted by Crippen LogP contribution is 2.34. The largest absolute Gasteiger partial charge is 0.303 e. The van der Waals surface area contributed by atoms with Crippen molar-refractivity contribution in [2.45, 2.75) is 62.2 Å². The van der Waals surface area contributed by atoms with Gasteiger partial charge in [-0.2, -0.15) is 0 Å². The summed E-state index contributed by atoms with van der Waals surface area (Å²) in [7, 11) is -3.56. The standard InChI is InChI=1S/C24H32N2O2S.ClH/c1-2-16-26-17-15-22(18-26)21-7-11-23(12-8-21)25-29(27,28)24-13-9-20(10-14-24)19-5-3-4-6-19;/h7-14,19,22,25H,2-6,15-18H2,1H3;1H. The summed E-state index contributed by atoms with van der Waals surface area (Å²) in [5, 5.41) is 0. The van der Waals surface area contributed by atoms with E-state index in [1.54, 1.807) is 12.1 Å². The molecule has 1 unspecified atom stereocenters. The number of halogens is 1. The average molecular weight is 449 g/mol. The molecule has 4 rings (SSSR count). The van der Waals surface area contributed by atoms with E-state index in [0.29, 0.717) is 22.4 Å². The first-order valence-corrected chi connectivity index (χ1v) is 12.5. The number of rotatable bonds is 7. The Balaban J connectivity index is 0.00000256. The van der Waals surface area contributed by atoms with Crippen molar-refractivity contribution in [2.24, 2.45) is 0 Å². The van der Waals surface area contributed by atoms with Crippen molar-refractivity contribution in [1.82, 2.24) is 4.90 Å². The molecule has 0 aromatic heterocycles. The van der Waals surface area contributed by atoms with Crippen LogP contribution in [0.25, 0.3) is 0 Å². The van der Waals surface area contributed by atoms with E-state index >= 15 is 0 Å². The normalized spacial score (nSPS) is 20.2. The monoisotopic (exact) mass is 448 g/mol. The number of nitrogens with one attached hydrogen (secondary N) is 1. The molecule has 0 bridgehead atoms. The predicted molar refractivity (Wildman–Crippen MR) is 126 cm³/mol. The molecule has 4 nitrogen and oxygen atoms in total. The second-order valence-electron chi connectivity index (χ2n) is 8.56. The lowest BCUT2D eigenvalue weighted by molar-refractivity contribution is 0.335. The molecule has 1 atom stereocenters. The van der Waals surface area contributed by atoms with E-state index in [4.69, 9.17) is 0 Å². The number of anilines is 1. The smallest absolute Gasteiger partial charge is 0.261 e. The molecule has 1 aliphatic heterocycles. The van der Waals surface area contributed by atoms with Crippen molar-refractivity contribution in [2.75, 3.05) is 24.4 Å². The maximum absolute atomic E-state index is 12.8. The van der Waals surface area contributed by atoms with Crippen LogP contribution in [0.5, 0.6) is 0 Å². The molecule has 6 heteroatoms. The lowest BCUT2D eigenvalue weighted by Gasteiger charge is -2.15. The Morgan fingerprint density at radius 2 is 1.50 bits per heavy atom. The van der Waals surface area contributed by atoms with E-state index in [1.807, 2.05) is 24.3 Å². The lowest BCUT2D eigenvalue weighted by Crippen LogP contribution is -2.20. The summed E-state index contributed by atoms with van der Waals surface area (Å²) in [6.45, 7) is 5.64. The Labute approximate surface area is 187 Å². The molecular weight excluding hydrogens is 416 g/mol. The van der Waals surface area contributed by atoms with Gasteiger partial charge < -0.3 is 4.90 Å². The minimum Gasteiger partial charge on any atom is -0.303 e. The first kappa shape index (κ1) is 23.1. The molecule has 0 radical (unpaired) electrons. The quantitative estimate of drug-likeness (QED) is 0.585. The Hall–Kier alpha value is -1.56. The fourth-order valence-electron chi connectivity index (χ4n) is 4.84. The van der Waals surface area contributed by atoms with Crippen LogP contribution in [-0.4, -0.2) is 33.0 Å². The minimum absolute atomic E-state index is 0. The molecule has 2 aromatic rings. The highest BCUT2D eigenvalue weighted by molar-refractivity contribution is 7.92. The van der Waals surface area contributed by atoms with E-state index in [2.05, 4.69) is 28.7 Å². The van der Waals surface area contributed by atoms with Crippen LogP contribution >= 0.6 is 12.4 Å². The molecule has 164 valence electrons. The molecule has 0 amide bonds. The predicted octanol–water partition coefficient (Wildman–Crippen LogP) is 5.77. The number of likely N-dealkylation sites (tertiary alicyclic amines) is 1. The van der Waals surface area contributed by atoms with Crippen LogP contribution in [0.4, 0.5) is 5.69 Å². The molecular formula is C24H33ClN2O2S. The fraction of sp³-hybridized carbons (Fsp3) is 0.500. The second kappa shape index (κ2) is 10.2. The molecule has 1 saturated carbocycles. The van der Waals surface area contributed by atoms with Gasteiger partial charge in [0.05, 0.1) is 4.90 Å². The Morgan fingerprint density at radius 3 is 2.13 bits per heavy atom. The summed E-state index contributed by atoms with van der Waals surface area (Å²) >= 11 is 0. The zero-order valence-corrected chi connectivity index (χ0v) is 19.4. The fourth-order valence-corrected chi connectivity index (χ4v) is 5.90. The Bertz CT molecular complexity index is 907. The van der Waals surface area contributed by atoms with Crippen LogP contribution in [-0.2, 0) is 10.0 Å². The molecule has 2 fully saturated rings. The van der Waals surface area contributed by atoms with Crippen molar-refractivity contribution in [3.8, 4) is 0 Å². The van der Waals surface area contributed by atoms with Crippen molar-refractivity contribution < 1.29 is 8.42 Å². The Morgan fingerprint density at radius 1 is 0.900 bits per heavy atom. The first-order chi connectivity index (χ1) is 14.0. The van der Waals surface area contributed by atoms with Gasteiger partial charge in [0.25, 0.3) is 10.0 Å². The van der Waals surface area contributed by atoms with Gasteiger partial charge in [-0.05, 0) is 86.0 Å². The van der Waals surface area contributed by atoms with E-state index < -0.39 is 10.0 Å². The van der Waals surface area contributed by atoms with Crippen LogP contribution in [0.3, 0.4) is 0 Å². The number of nitrogens with zero attached hydrogens (tertiary/aromatic N) is 1. The summed E-state index contributed by atoms with van der Waals surface area (Å²) < 4.78 is 28.3. The molecule has 1 aliphatic carbocycles. The van der Waals surface area contributed by atoms with Gasteiger partial charge in [0.15, 0.2) is 0 Å². The van der Waals surface area contributed by atoms with Crippen LogP contribution in [0.1, 0.15) is 68.4 Å². The first-order valence-electron chi connectivity index (χ1n) is 11.0. The second-order valence-corrected chi connectivity index (χ2v) is 10.2. The van der Waals surface area contributed by atoms with E-state index in [1.165, 1.54) is 49.7 Å². The SMILES string of the molecule is CCCN1CCC(c2ccc(NS(=O)(=O)c3ccc(C4CCCC4)cc3)cc2)C1.Cl. The maximum atomic E-state index is 12.8. The van der Waals surface area contributed by atoms with Gasteiger partial charge in [0, 0.05) is 12.2 Å². The van der Waals surface area contributed by atoms with E-state index in [-0.39, 0.29) is 12.4 Å². The number of hydrogen-bond donors (Lipinski definition) is 1. The third-order valence-corrected chi connectivity index (χ3v) is 7.86. The third-order valence-electron chi connectivity index (χ3n) is 6.46. The maximum Gasteiger partial charge on any atom is 0.261 e. The highest BCUT2D eigenvalue weighted by Gasteiger charge is 2.23. The summed E-state index contributed by atoms with van der Waals surface area (Å²) in [5.41, 5.74) is 3.18. The molecule has 1 heterocycles. The van der Waals surface area contributed by atoms with Gasteiger partial charge in [-0.3, -0.25) is 4.72 Å². The lowest BCUT2D eigenvalue weighted by atomic mass is 9.98. The summed E-state index contributed by atoms with van der Waals surface area (Å²) in [4.78, 5) is 2.84. The van der Waals surface area contributed by atoms with Gasteiger partial charge in [0.1, 0.15) is 0 Å². The van der Waals surface area contributed by atoms with Crippen LogP contribution in [0.2, 0.25) is 0 Å². The van der Waals surface area contributed by atoms with Crippen molar-refractivity contribution in [1.29, 1.82) is 0 Å². The van der Waals surface area contributed by atoms with E-state index in [9.17, 15) is 8.42 Å². The topological polar surface area (TPSA) is 49.4 Å². The van der Waals surface area contributed by atoms with E-state index in [0.717, 1.165) is 19.6 Å². The summed E-state index contributed by atoms with van der Waals surface area (Å²) in [6.07, 6.45) is 7.36. The van der Waals surface area contributed by atoms with Crippen molar-refractivity contribution >= 4 is 28.1 Å². The van der Waals surface area contributed by atoms with Gasteiger partial charge >= 0.3 is 0 Å². The van der Waals surface area contributed by atoms with Gasteiger partial charge in [-0.1, -0.05) is 44.0 Å². The molecule has 1 N–H and O–H groups in total.